The number of carboxylic acids is 2. The van der Waals surface area contributed by atoms with Crippen molar-refractivity contribution in [3.63, 3.8) is 0 Å². The molecule has 0 saturated carbocycles. The largest absolute Gasteiger partial charge is 0.502 e. The lowest BCUT2D eigenvalue weighted by atomic mass is 8.41. The van der Waals surface area contributed by atoms with E-state index in [1.54, 1.807) is 74.5 Å². The number of aldehydes is 1. The number of hydrogen-bond donors (Lipinski definition) is 5. The fraction of sp³-hybridized carbons (Fsp3) is 0.0962. The van der Waals surface area contributed by atoms with E-state index in [0.29, 0.717) is 34.3 Å². The van der Waals surface area contributed by atoms with Gasteiger partial charge in [-0.3, -0.25) is 14.4 Å². The molecule has 2 aliphatic rings. The second-order valence-electron chi connectivity index (χ2n) is 18.8. The van der Waals surface area contributed by atoms with E-state index in [0.717, 1.165) is 45.3 Å². The van der Waals surface area contributed by atoms with Crippen LogP contribution in [-0.4, -0.2) is 216 Å². The van der Waals surface area contributed by atoms with Gasteiger partial charge in [-0.1, -0.05) is 140 Å². The van der Waals surface area contributed by atoms with Crippen molar-refractivity contribution in [3.05, 3.63) is 194 Å². The molecule has 0 unspecified atom stereocenters. The summed E-state index contributed by atoms with van der Waals surface area (Å²) in [4.78, 5) is 81.3. The molecule has 17 nitrogen and oxygen atoms in total. The summed E-state index contributed by atoms with van der Waals surface area (Å²) < 4.78 is 18.8. The minimum absolute atomic E-state index is 0.296. The Bertz CT molecular complexity index is 3290. The SMILES string of the molecule is CC(=O)NCC(=O)O.CC1=N/C(=C\c2ccc(Br)cc2)C(=O)O1.CC1=N/C(=C\c2ccc(Br)cc2)C(=O)O1.COC(=O)/C(O)=C/c1ccc(Br)cc1.O=C(O)/C(O)=C/c1ccc(Br)cc1.O=Cc1ccc(Br)cc1.[B]B([B])B(B([B])[B])B(B([B])[B])B(B([B])[B])B([B])[B]. The number of amides is 1. The maximum absolute atomic E-state index is 11.2. The molecule has 1 amide bonds. The molecule has 20 radical (unpaired) electrons. The van der Waals surface area contributed by atoms with Crippen molar-refractivity contribution in [2.24, 2.45) is 9.98 Å². The van der Waals surface area contributed by atoms with Crippen LogP contribution in [0.25, 0.3) is 24.3 Å². The Morgan fingerprint density at radius 2 is 0.772 bits per heavy atom. The molecular weight excluding hydrogens is 1480 g/mol. The van der Waals surface area contributed by atoms with Gasteiger partial charge in [0.1, 0.15) is 12.8 Å². The van der Waals surface area contributed by atoms with E-state index in [1.165, 1.54) is 26.2 Å². The molecule has 0 spiro atoms. The topological polar surface area (TPSA) is 265 Å². The molecule has 92 heavy (non-hydrogen) atoms. The van der Waals surface area contributed by atoms with Gasteiger partial charge in [-0.15, -0.1) is 0 Å². The van der Waals surface area contributed by atoms with Crippen molar-refractivity contribution in [1.29, 1.82) is 0 Å². The Morgan fingerprint density at radius 1 is 0.489 bits per heavy atom. The minimum atomic E-state index is -1.33. The Kier molecular flexibility index (Phi) is 40.8. The second-order valence-corrected chi connectivity index (χ2v) is 23.3. The number of carbonyl (C=O) groups excluding carboxylic acids is 5. The number of cyclic esters (lactones) is 2. The zero-order chi connectivity index (χ0) is 69.9. The summed E-state index contributed by atoms with van der Waals surface area (Å²) in [5.41, 5.74) is 4.61. The highest BCUT2D eigenvalue weighted by Crippen LogP contribution is 2.20. The van der Waals surface area contributed by atoms with E-state index in [4.69, 9.17) is 102 Å². The van der Waals surface area contributed by atoms with Crippen LogP contribution in [0.5, 0.6) is 0 Å². The van der Waals surface area contributed by atoms with Gasteiger partial charge in [-0.2, -0.15) is 0 Å². The molecule has 40 heteroatoms. The Balaban J connectivity index is 0.000000543. The summed E-state index contributed by atoms with van der Waals surface area (Å²) in [5, 5.41) is 36.5. The lowest BCUT2D eigenvalue weighted by Crippen LogP contribution is -2.78. The maximum Gasteiger partial charge on any atom is 0.373 e. The van der Waals surface area contributed by atoms with Gasteiger partial charge in [0.05, 0.1) is 7.11 Å². The van der Waals surface area contributed by atoms with Gasteiger partial charge in [0.2, 0.25) is 17.4 Å². The van der Waals surface area contributed by atoms with Crippen LogP contribution < -0.4 is 5.32 Å². The van der Waals surface area contributed by atoms with Gasteiger partial charge in [-0.05, 0) is 107 Å². The van der Waals surface area contributed by atoms with Crippen LogP contribution in [0.2, 0.25) is 0 Å². The summed E-state index contributed by atoms with van der Waals surface area (Å²) in [6.45, 7) is 4.28. The number of aliphatic imine (C=N–C) groups is 2. The fourth-order valence-corrected chi connectivity index (χ4v) is 8.50. The second kappa shape index (κ2) is 44.6. The number of methoxy groups -OCH3 is 1. The van der Waals surface area contributed by atoms with E-state index in [1.807, 2.05) is 72.8 Å². The first-order valence-corrected chi connectivity index (χ1v) is 30.4. The third-order valence-corrected chi connectivity index (χ3v) is 14.0. The highest BCUT2D eigenvalue weighted by Gasteiger charge is 2.42. The molecule has 0 bridgehead atoms. The summed E-state index contributed by atoms with van der Waals surface area (Å²) in [5.74, 6) is -4.50. The first-order valence-electron chi connectivity index (χ1n) is 26.5. The molecule has 7 rings (SSSR count). The Morgan fingerprint density at radius 3 is 0.989 bits per heavy atom. The van der Waals surface area contributed by atoms with Crippen LogP contribution >= 0.6 is 79.6 Å². The Hall–Kier alpha value is -5.94. The van der Waals surface area contributed by atoms with Gasteiger partial charge in [0, 0.05) is 177 Å². The highest BCUT2D eigenvalue weighted by molar-refractivity contribution is 9.11. The summed E-state index contributed by atoms with van der Waals surface area (Å²) in [7, 11) is 57.9. The number of halogens is 5. The van der Waals surface area contributed by atoms with Crippen molar-refractivity contribution in [1.82, 2.24) is 5.32 Å². The van der Waals surface area contributed by atoms with Gasteiger partial charge in [0.25, 0.3) is 0 Å². The smallest absolute Gasteiger partial charge is 0.373 e. The van der Waals surface area contributed by atoms with Crippen LogP contribution in [0, 0.1) is 0 Å². The highest BCUT2D eigenvalue weighted by atomic mass is 79.9. The molecule has 5 aromatic rings. The molecule has 5 N–H and O–H groups in total. The van der Waals surface area contributed by atoms with Crippen LogP contribution in [-0.2, 0) is 43.0 Å². The minimum Gasteiger partial charge on any atom is -0.502 e. The number of aliphatic hydroxyl groups excluding tert-OH is 2. The fourth-order valence-electron chi connectivity index (χ4n) is 7.18. The van der Waals surface area contributed by atoms with Crippen molar-refractivity contribution in [3.8, 4) is 0 Å². The van der Waals surface area contributed by atoms with Crippen molar-refractivity contribution < 1.29 is 68.2 Å². The quantitative estimate of drug-likeness (QED) is 0.0215. The van der Waals surface area contributed by atoms with Crippen molar-refractivity contribution in [2.75, 3.05) is 13.7 Å². The van der Waals surface area contributed by atoms with E-state index in [9.17, 15) is 38.7 Å². The summed E-state index contributed by atoms with van der Waals surface area (Å²) >= 11 is 16.5. The lowest BCUT2D eigenvalue weighted by molar-refractivity contribution is -0.139. The third-order valence-electron chi connectivity index (χ3n) is 11.4. The number of aliphatic carboxylic acids is 2. The molecule has 0 atom stereocenters. The van der Waals surface area contributed by atoms with E-state index >= 15 is 0 Å². The standard InChI is InChI=1S/2C11H8BrNO2.C10H9BrO3.C9H7BrO3.C7H5BrO.C4H7NO3.B18/c2*1-7-13-10(11(14)15-7)6-8-2-4-9(12)5-3-8;1-14-10(13)9(12)6-7-2-4-8(11)5-3-7;10-7-3-1-6(2-4-7)5-8(11)9(12)13;8-7-3-1-6(5-9)2-4-7;1-3(6)5-2-4(7)8;1-11(2)16(12(3)4)18(15(9)10)17(13(5)6)14(7)8/h2*2-6H,1H3;2-6,12H,1H3;1-5,11H,(H,12,13);1-5H;2H2,1H3,(H,5,6)(H,7,8);/b2*10-6-;9-6-;8-5-;;;. The average Bonchev–Trinajstić information content (AvgIpc) is 1.09. The first-order chi connectivity index (χ1) is 43.1. The average molecular weight is 1530 g/mol. The molecule has 0 fully saturated rings. The normalized spacial score (nSPS) is 12.5. The predicted molar refractivity (Wildman–Crippen MR) is 401 cm³/mol. The Labute approximate surface area is 593 Å². The van der Waals surface area contributed by atoms with E-state index < -0.39 is 92.4 Å². The van der Waals surface area contributed by atoms with E-state index in [2.05, 4.69) is 99.7 Å². The molecule has 0 aliphatic carbocycles. The van der Waals surface area contributed by atoms with Crippen LogP contribution in [0.3, 0.4) is 0 Å². The number of carbonyl (C=O) groups is 7. The van der Waals surface area contributed by atoms with Gasteiger partial charge >= 0.3 is 29.8 Å². The number of aliphatic hydroxyl groups is 2. The predicted octanol–water partition coefficient (Wildman–Crippen LogP) is 5.10. The summed E-state index contributed by atoms with van der Waals surface area (Å²) in [6, 6.07) is 36.5. The van der Waals surface area contributed by atoms with Gasteiger partial charge in [0.15, 0.2) is 23.2 Å². The number of benzene rings is 5. The number of ether oxygens (including phenoxy) is 3. The van der Waals surface area contributed by atoms with E-state index in [-0.39, 0.29) is 12.5 Å². The molecule has 5 aromatic carbocycles. The van der Waals surface area contributed by atoms with Gasteiger partial charge < -0.3 is 40.0 Å². The van der Waals surface area contributed by atoms with Crippen molar-refractivity contribution in [2.45, 2.75) is 20.8 Å². The molecule has 0 aromatic heterocycles. The molecule has 0 saturated heterocycles. The zero-order valence-corrected chi connectivity index (χ0v) is 57.6. The first kappa shape index (κ1) is 84.1. The molecule has 2 aliphatic heterocycles. The molecular formula is C52H44B18Br5N3O14. The van der Waals surface area contributed by atoms with Crippen LogP contribution in [0.15, 0.2) is 177 Å². The number of carboxylic acid groups (broad SMARTS) is 2. The number of nitrogens with zero attached hydrogens (tertiary/aromatic N) is 2. The number of esters is 3. The van der Waals surface area contributed by atoms with Gasteiger partial charge in [-0.25, -0.2) is 29.2 Å². The maximum atomic E-state index is 11.2. The zero-order valence-electron chi connectivity index (χ0n) is 49.7. The molecule has 440 valence electrons. The number of hydrogen-bond acceptors (Lipinski definition) is 14. The lowest BCUT2D eigenvalue weighted by Gasteiger charge is -2.40. The number of nitrogens with one attached hydrogen (secondary N) is 1. The number of rotatable bonds is 16. The van der Waals surface area contributed by atoms with Crippen LogP contribution in [0.1, 0.15) is 53.4 Å². The monoisotopic (exact) mass is 1530 g/mol. The third kappa shape index (κ3) is 34.8. The van der Waals surface area contributed by atoms with Crippen LogP contribution in [0.4, 0.5) is 0 Å². The van der Waals surface area contributed by atoms with Crippen molar-refractivity contribution >= 4 is 286 Å². The summed E-state index contributed by atoms with van der Waals surface area (Å²) in [6.07, 6.45) is 0.718. The molecule has 2 heterocycles.